The molecule has 0 bridgehead atoms. The first-order chi connectivity index (χ1) is 31.2. The number of azide groups is 1. The number of amides is 2. The molecule has 2 aromatic heterocycles. The zero-order valence-electron chi connectivity index (χ0n) is 35.4. The molecule has 64 heavy (non-hydrogen) atoms. The molecule has 3 heterocycles. The number of hydrazone groups is 1. The molecular weight excluding hydrogens is 857 g/mol. The molecule has 1 fully saturated rings. The smallest absolute Gasteiger partial charge is 0.294 e. The summed E-state index contributed by atoms with van der Waals surface area (Å²) in [6.07, 6.45) is 1.69. The van der Waals surface area contributed by atoms with E-state index < -0.39 is 41.7 Å². The number of nitrogens with one attached hydrogen (secondary N) is 3. The van der Waals surface area contributed by atoms with E-state index >= 15 is 0 Å². The van der Waals surface area contributed by atoms with E-state index in [1.165, 1.54) is 23.4 Å². The van der Waals surface area contributed by atoms with E-state index in [0.29, 0.717) is 124 Å². The highest BCUT2D eigenvalue weighted by Crippen LogP contribution is 2.33. The second kappa shape index (κ2) is 29.8. The second-order valence-electron chi connectivity index (χ2n) is 14.0. The maximum Gasteiger partial charge on any atom is 0.294 e. The number of anilines is 1. The van der Waals surface area contributed by atoms with Gasteiger partial charge in [0.15, 0.2) is 35.2 Å². The molecule has 4 rings (SSSR count). The van der Waals surface area contributed by atoms with Crippen LogP contribution >= 0.6 is 0 Å². The number of aromatic nitrogens is 4. The van der Waals surface area contributed by atoms with Gasteiger partial charge in [-0.25, -0.2) is 20.4 Å². The van der Waals surface area contributed by atoms with Crippen molar-refractivity contribution in [2.24, 2.45) is 15.9 Å². The SMILES string of the molecule is [N-]=[N+]=NCCOCCOCCOCCNC(=O)c1ccc(/C=N\NC(=O)CCCCC#CC[S+](CCC(N)OC=O)C[C@H]2O[C@@H](n3cnc4c(NCCO)ncnc43)[C@@H](O)C2O)cc1. The summed E-state index contributed by atoms with van der Waals surface area (Å²) in [7, 11) is -0.461. The van der Waals surface area contributed by atoms with Crippen LogP contribution in [0.5, 0.6) is 0 Å². The quantitative estimate of drug-likeness (QED) is 0.00431. The Morgan fingerprint density at radius 2 is 1.80 bits per heavy atom. The maximum absolute atomic E-state index is 12.4. The molecule has 3 aromatic rings. The number of nitrogens with two attached hydrogens (primary N) is 1. The lowest BCUT2D eigenvalue weighted by molar-refractivity contribution is -0.133. The molecule has 3 unspecified atom stereocenters. The van der Waals surface area contributed by atoms with Gasteiger partial charge >= 0.3 is 0 Å². The predicted octanol–water partition coefficient (Wildman–Crippen LogP) is 0.120. The van der Waals surface area contributed by atoms with Crippen molar-refractivity contribution in [2.75, 3.05) is 88.5 Å². The number of fused-ring (bicyclic) bond motifs is 1. The summed E-state index contributed by atoms with van der Waals surface area (Å²) < 4.78 is 28.7. The summed E-state index contributed by atoms with van der Waals surface area (Å²) >= 11 is 0. The minimum absolute atomic E-state index is 0.106. The molecule has 2 amide bonds. The maximum atomic E-state index is 12.4. The summed E-state index contributed by atoms with van der Waals surface area (Å²) in [5.41, 5.74) is 18.6. The summed E-state index contributed by atoms with van der Waals surface area (Å²) in [6.45, 7) is 3.26. The lowest BCUT2D eigenvalue weighted by Crippen LogP contribution is -2.37. The number of rotatable bonds is 31. The lowest BCUT2D eigenvalue weighted by atomic mass is 10.1. The minimum Gasteiger partial charge on any atom is -0.449 e. The molecule has 0 aliphatic carbocycles. The van der Waals surface area contributed by atoms with E-state index in [1.807, 2.05) is 0 Å². The van der Waals surface area contributed by atoms with Gasteiger partial charge in [-0.15, -0.1) is 0 Å². The van der Waals surface area contributed by atoms with Crippen molar-refractivity contribution in [1.29, 1.82) is 0 Å². The fraction of sp³-hybridized carbons (Fsp3) is 0.575. The van der Waals surface area contributed by atoms with Crippen molar-refractivity contribution in [1.82, 2.24) is 30.3 Å². The third-order valence-corrected chi connectivity index (χ3v) is 11.5. The van der Waals surface area contributed by atoms with Gasteiger partial charge in [0.2, 0.25) is 5.91 Å². The van der Waals surface area contributed by atoms with Crippen LogP contribution in [0.4, 0.5) is 5.82 Å². The van der Waals surface area contributed by atoms with Gasteiger partial charge in [-0.1, -0.05) is 23.2 Å². The third kappa shape index (κ3) is 18.0. The molecule has 1 aromatic carbocycles. The summed E-state index contributed by atoms with van der Waals surface area (Å²) in [6, 6.07) is 6.75. The lowest BCUT2D eigenvalue weighted by Gasteiger charge is -2.17. The van der Waals surface area contributed by atoms with Crippen LogP contribution in [-0.4, -0.2) is 167 Å². The van der Waals surface area contributed by atoms with Gasteiger partial charge in [0.05, 0.1) is 58.8 Å². The monoisotopic (exact) mass is 913 g/mol. The van der Waals surface area contributed by atoms with Crippen molar-refractivity contribution in [2.45, 2.75) is 62.9 Å². The number of aliphatic hydroxyl groups is 3. The number of nitrogens with zero attached hydrogens (tertiary/aromatic N) is 8. The van der Waals surface area contributed by atoms with Gasteiger partial charge < -0.3 is 49.6 Å². The molecule has 24 heteroatoms. The standard InChI is InChI=1S/C40H56N12O11S/c41-32(62-28-54)11-23-64(25-31-35(56)36(57)40(63-31)52-27-47-34-37(43-12-15-53)45-26-46-38(34)52)22-5-3-1-2-4-6-33(55)50-49-24-29-7-9-30(10-8-29)39(58)44-13-16-59-18-20-61-21-19-60-17-14-48-51-42/h7-10,24,26-28,31-32,35-36,40,53,56-57H,1-2,4,6,11-23,25,41H2,(H2-,43,44,45,46,50,55,58)/p+1/t31-,32?,35?,36+,40-,64?/m1/s1. The molecule has 8 N–H and O–H groups in total. The number of ether oxygens (including phenoxy) is 5. The number of imidazole rings is 1. The first-order valence-electron chi connectivity index (χ1n) is 20.7. The summed E-state index contributed by atoms with van der Waals surface area (Å²) in [5, 5.41) is 44.4. The van der Waals surface area contributed by atoms with Crippen LogP contribution in [0.15, 0.2) is 47.1 Å². The van der Waals surface area contributed by atoms with Crippen molar-refractivity contribution in [3.63, 3.8) is 0 Å². The Hall–Kier alpha value is -5.45. The molecule has 1 aliphatic heterocycles. The van der Waals surface area contributed by atoms with E-state index in [4.69, 9.17) is 34.9 Å². The number of unbranched alkanes of at least 4 members (excludes halogenated alkanes) is 2. The second-order valence-corrected chi connectivity index (χ2v) is 16.2. The van der Waals surface area contributed by atoms with Gasteiger partial charge in [0.25, 0.3) is 12.4 Å². The molecular formula is C40H57N12O11S+. The Morgan fingerprint density at radius 3 is 2.55 bits per heavy atom. The number of carbonyl (C=O) groups excluding carboxylic acids is 3. The van der Waals surface area contributed by atoms with E-state index in [2.05, 4.69) is 58.0 Å². The van der Waals surface area contributed by atoms with Crippen molar-refractivity contribution in [3.05, 3.63) is 58.5 Å². The van der Waals surface area contributed by atoms with E-state index in [0.717, 1.165) is 0 Å². The summed E-state index contributed by atoms with van der Waals surface area (Å²) in [5.74, 6) is 7.61. The van der Waals surface area contributed by atoms with Gasteiger partial charge in [0.1, 0.15) is 36.1 Å². The first-order valence-corrected chi connectivity index (χ1v) is 22.4. The number of aliphatic hydroxyl groups excluding tert-OH is 3. The van der Waals surface area contributed by atoms with Gasteiger partial charge in [-0.2, -0.15) is 5.10 Å². The Bertz CT molecular complexity index is 2010. The fourth-order valence-electron chi connectivity index (χ4n) is 6.03. The van der Waals surface area contributed by atoms with Crippen LogP contribution in [0, 0.1) is 11.8 Å². The van der Waals surface area contributed by atoms with Crippen molar-refractivity contribution in [3.8, 4) is 11.8 Å². The normalized spacial score (nSPS) is 17.9. The topological polar surface area (TPSA) is 325 Å². The highest BCUT2D eigenvalue weighted by Gasteiger charge is 2.47. The molecule has 6 atom stereocenters. The van der Waals surface area contributed by atoms with Gasteiger partial charge in [0, 0.05) is 60.3 Å². The van der Waals surface area contributed by atoms with Crippen molar-refractivity contribution >= 4 is 52.4 Å². The number of hydrogen-bond acceptors (Lipinski definition) is 18. The number of carbonyl (C=O) groups is 3. The fourth-order valence-corrected chi connectivity index (χ4v) is 8.07. The molecule has 0 saturated carbocycles. The van der Waals surface area contributed by atoms with Gasteiger partial charge in [-0.3, -0.25) is 24.7 Å². The average molecular weight is 914 g/mol. The van der Waals surface area contributed by atoms with Crippen LogP contribution in [0.3, 0.4) is 0 Å². The average Bonchev–Trinajstić information content (AvgIpc) is 3.85. The third-order valence-electron chi connectivity index (χ3n) is 9.30. The number of hydrogen-bond donors (Lipinski definition) is 7. The Morgan fingerprint density at radius 1 is 1.03 bits per heavy atom. The Balaban J connectivity index is 1.12. The predicted molar refractivity (Wildman–Crippen MR) is 236 cm³/mol. The van der Waals surface area contributed by atoms with Crippen molar-refractivity contribution < 1.29 is 53.4 Å². The van der Waals surface area contributed by atoms with E-state index in [1.54, 1.807) is 24.3 Å². The molecule has 23 nitrogen and oxygen atoms in total. The van der Waals surface area contributed by atoms with Crippen LogP contribution in [0.1, 0.15) is 54.3 Å². The Labute approximate surface area is 372 Å². The summed E-state index contributed by atoms with van der Waals surface area (Å²) in [4.78, 5) is 51.1. The first kappa shape index (κ1) is 51.2. The van der Waals surface area contributed by atoms with Gasteiger partial charge in [-0.05, 0) is 42.0 Å². The molecule has 1 aliphatic rings. The molecule has 1 saturated heterocycles. The number of benzene rings is 1. The highest BCUT2D eigenvalue weighted by atomic mass is 32.2. The zero-order valence-corrected chi connectivity index (χ0v) is 36.2. The van der Waals surface area contributed by atoms with E-state index in [9.17, 15) is 29.7 Å². The molecule has 0 spiro atoms. The van der Waals surface area contributed by atoms with E-state index in [-0.39, 0.29) is 37.9 Å². The van der Waals surface area contributed by atoms with Crippen LogP contribution in [-0.2, 0) is 44.2 Å². The molecule has 0 radical (unpaired) electrons. The molecule has 348 valence electrons. The Kier molecular flexibility index (Phi) is 23.9. The largest absolute Gasteiger partial charge is 0.449 e. The highest BCUT2D eigenvalue weighted by molar-refractivity contribution is 7.97. The zero-order chi connectivity index (χ0) is 45.8. The minimum atomic E-state index is -1.28. The van der Waals surface area contributed by atoms with Crippen LogP contribution in [0.25, 0.3) is 21.6 Å². The van der Waals surface area contributed by atoms with Crippen LogP contribution in [0.2, 0.25) is 0 Å². The van der Waals surface area contributed by atoms with Crippen LogP contribution < -0.4 is 21.8 Å².